The summed E-state index contributed by atoms with van der Waals surface area (Å²) in [6.07, 6.45) is 5.60. The van der Waals surface area contributed by atoms with Crippen LogP contribution in [-0.2, 0) is 4.79 Å². The summed E-state index contributed by atoms with van der Waals surface area (Å²) in [7, 11) is 0. The monoisotopic (exact) mass is 281 g/mol. The number of nitrogens with zero attached hydrogens (tertiary/aromatic N) is 1. The highest BCUT2D eigenvalue weighted by Crippen LogP contribution is 2.29. The van der Waals surface area contributed by atoms with Crippen molar-refractivity contribution in [3.8, 4) is 0 Å². The van der Waals surface area contributed by atoms with E-state index in [9.17, 15) is 4.79 Å². The Hall–Kier alpha value is -0.610. The molecule has 1 aliphatic heterocycles. The van der Waals surface area contributed by atoms with Crippen LogP contribution in [0.25, 0.3) is 0 Å². The molecule has 0 radical (unpaired) electrons. The van der Waals surface area contributed by atoms with Crippen molar-refractivity contribution in [2.75, 3.05) is 26.2 Å². The fourth-order valence-electron chi connectivity index (χ4n) is 3.70. The zero-order valence-corrected chi connectivity index (χ0v) is 13.1. The predicted molar refractivity (Wildman–Crippen MR) is 82.3 cm³/mol. The number of carbonyl (C=O) groups is 1. The first-order chi connectivity index (χ1) is 9.56. The molecule has 1 amide bonds. The molecule has 0 bridgehead atoms. The Bertz CT molecular complexity index is 315. The minimum Gasteiger partial charge on any atom is -0.356 e. The average Bonchev–Trinajstić information content (AvgIpc) is 2.89. The Morgan fingerprint density at radius 2 is 2.05 bits per heavy atom. The molecule has 0 aromatic rings. The zero-order valence-electron chi connectivity index (χ0n) is 13.1. The van der Waals surface area contributed by atoms with Crippen molar-refractivity contribution in [3.05, 3.63) is 0 Å². The van der Waals surface area contributed by atoms with Gasteiger partial charge in [-0.2, -0.15) is 0 Å². The van der Waals surface area contributed by atoms with Gasteiger partial charge in [0, 0.05) is 25.0 Å². The van der Waals surface area contributed by atoms with Crippen molar-refractivity contribution in [2.45, 2.75) is 52.0 Å². The first-order valence-electron chi connectivity index (χ1n) is 8.32. The smallest absolute Gasteiger partial charge is 0.223 e. The SMILES string of the molecule is CC(CNC(=O)C1CCC(N)CC1C)CN1CCCC1. The van der Waals surface area contributed by atoms with Gasteiger partial charge in [0.2, 0.25) is 5.91 Å². The maximum absolute atomic E-state index is 12.3. The Labute approximate surface area is 123 Å². The van der Waals surface area contributed by atoms with Crippen molar-refractivity contribution >= 4 is 5.91 Å². The highest BCUT2D eigenvalue weighted by atomic mass is 16.1. The molecule has 2 aliphatic rings. The van der Waals surface area contributed by atoms with Gasteiger partial charge in [-0.1, -0.05) is 13.8 Å². The Balaban J connectivity index is 1.68. The molecular formula is C16H31N3O. The fraction of sp³-hybridized carbons (Fsp3) is 0.938. The van der Waals surface area contributed by atoms with E-state index >= 15 is 0 Å². The number of hydrogen-bond acceptors (Lipinski definition) is 3. The minimum absolute atomic E-state index is 0.175. The zero-order chi connectivity index (χ0) is 14.5. The molecule has 116 valence electrons. The lowest BCUT2D eigenvalue weighted by Crippen LogP contribution is -2.42. The first-order valence-corrected chi connectivity index (χ1v) is 8.32. The lowest BCUT2D eigenvalue weighted by molar-refractivity contribution is -0.127. The summed E-state index contributed by atoms with van der Waals surface area (Å²) in [6.45, 7) is 8.79. The quantitative estimate of drug-likeness (QED) is 0.805. The molecule has 1 saturated carbocycles. The Morgan fingerprint density at radius 3 is 2.70 bits per heavy atom. The van der Waals surface area contributed by atoms with E-state index in [0.717, 1.165) is 32.4 Å². The summed E-state index contributed by atoms with van der Waals surface area (Å²) in [4.78, 5) is 14.8. The van der Waals surface area contributed by atoms with Crippen LogP contribution in [0.4, 0.5) is 0 Å². The lowest BCUT2D eigenvalue weighted by atomic mass is 9.78. The summed E-state index contributed by atoms with van der Waals surface area (Å²) >= 11 is 0. The third kappa shape index (κ3) is 4.45. The van der Waals surface area contributed by atoms with Gasteiger partial charge in [-0.25, -0.2) is 0 Å². The van der Waals surface area contributed by atoms with Crippen molar-refractivity contribution in [1.82, 2.24) is 10.2 Å². The number of nitrogens with two attached hydrogens (primary N) is 1. The van der Waals surface area contributed by atoms with E-state index < -0.39 is 0 Å². The lowest BCUT2D eigenvalue weighted by Gasteiger charge is -2.31. The molecule has 0 aromatic heterocycles. The summed E-state index contributed by atoms with van der Waals surface area (Å²) in [6, 6.07) is 0.295. The van der Waals surface area contributed by atoms with Gasteiger partial charge in [-0.05, 0) is 57.0 Å². The third-order valence-electron chi connectivity index (χ3n) is 4.94. The molecule has 4 atom stereocenters. The maximum atomic E-state index is 12.3. The van der Waals surface area contributed by atoms with E-state index in [0.29, 0.717) is 17.9 Å². The van der Waals surface area contributed by atoms with Gasteiger partial charge in [0.1, 0.15) is 0 Å². The molecule has 20 heavy (non-hydrogen) atoms. The van der Waals surface area contributed by atoms with Crippen LogP contribution < -0.4 is 11.1 Å². The van der Waals surface area contributed by atoms with E-state index in [1.54, 1.807) is 0 Å². The van der Waals surface area contributed by atoms with Gasteiger partial charge in [0.05, 0.1) is 0 Å². The highest BCUT2D eigenvalue weighted by Gasteiger charge is 2.30. The molecule has 1 heterocycles. The summed E-state index contributed by atoms with van der Waals surface area (Å²) in [5.41, 5.74) is 5.96. The van der Waals surface area contributed by atoms with Gasteiger partial charge in [0.25, 0.3) is 0 Å². The van der Waals surface area contributed by atoms with Crippen LogP contribution in [0.5, 0.6) is 0 Å². The standard InChI is InChI=1S/C16H31N3O/c1-12(11-19-7-3-4-8-19)10-18-16(20)15-6-5-14(17)9-13(15)2/h12-15H,3-11,17H2,1-2H3,(H,18,20). The molecule has 0 aromatic carbocycles. The van der Waals surface area contributed by atoms with Crippen molar-refractivity contribution in [1.29, 1.82) is 0 Å². The van der Waals surface area contributed by atoms with Crippen LogP contribution in [0.2, 0.25) is 0 Å². The number of rotatable bonds is 5. The van der Waals surface area contributed by atoms with Gasteiger partial charge in [-0.15, -0.1) is 0 Å². The second-order valence-corrected chi connectivity index (χ2v) is 7.01. The van der Waals surface area contributed by atoms with Crippen LogP contribution in [0.1, 0.15) is 46.0 Å². The van der Waals surface area contributed by atoms with Gasteiger partial charge in [0.15, 0.2) is 0 Å². The van der Waals surface area contributed by atoms with E-state index in [2.05, 4.69) is 24.1 Å². The van der Waals surface area contributed by atoms with Crippen molar-refractivity contribution < 1.29 is 4.79 Å². The van der Waals surface area contributed by atoms with E-state index in [4.69, 9.17) is 5.73 Å². The Kier molecular flexibility index (Phi) is 5.85. The highest BCUT2D eigenvalue weighted by molar-refractivity contribution is 5.79. The molecule has 1 aliphatic carbocycles. The summed E-state index contributed by atoms with van der Waals surface area (Å²) < 4.78 is 0. The largest absolute Gasteiger partial charge is 0.356 e. The average molecular weight is 281 g/mol. The third-order valence-corrected chi connectivity index (χ3v) is 4.94. The second-order valence-electron chi connectivity index (χ2n) is 7.01. The molecule has 4 unspecified atom stereocenters. The van der Waals surface area contributed by atoms with Crippen LogP contribution >= 0.6 is 0 Å². The van der Waals surface area contributed by atoms with Crippen LogP contribution in [0, 0.1) is 17.8 Å². The molecule has 2 rings (SSSR count). The molecular weight excluding hydrogens is 250 g/mol. The van der Waals surface area contributed by atoms with Crippen LogP contribution in [0.3, 0.4) is 0 Å². The van der Waals surface area contributed by atoms with E-state index in [-0.39, 0.29) is 11.8 Å². The number of amides is 1. The number of carbonyl (C=O) groups excluding carboxylic acids is 1. The maximum Gasteiger partial charge on any atom is 0.223 e. The van der Waals surface area contributed by atoms with Crippen LogP contribution in [0.15, 0.2) is 0 Å². The summed E-state index contributed by atoms with van der Waals surface area (Å²) in [5, 5.41) is 3.16. The molecule has 0 spiro atoms. The molecule has 1 saturated heterocycles. The topological polar surface area (TPSA) is 58.4 Å². The number of hydrogen-bond donors (Lipinski definition) is 2. The molecule has 4 heteroatoms. The van der Waals surface area contributed by atoms with Gasteiger partial charge >= 0.3 is 0 Å². The first kappa shape index (κ1) is 15.8. The normalized spacial score (nSPS) is 33.0. The Morgan fingerprint density at radius 1 is 1.35 bits per heavy atom. The van der Waals surface area contributed by atoms with Crippen molar-refractivity contribution in [2.24, 2.45) is 23.5 Å². The van der Waals surface area contributed by atoms with E-state index in [1.807, 2.05) is 0 Å². The molecule has 4 nitrogen and oxygen atoms in total. The van der Waals surface area contributed by atoms with Gasteiger partial charge in [-0.3, -0.25) is 4.79 Å². The molecule has 3 N–H and O–H groups in total. The fourth-order valence-corrected chi connectivity index (χ4v) is 3.70. The number of likely N-dealkylation sites (tertiary alicyclic amines) is 1. The van der Waals surface area contributed by atoms with Crippen LogP contribution in [-0.4, -0.2) is 43.0 Å². The molecule has 2 fully saturated rings. The number of nitrogens with one attached hydrogen (secondary N) is 1. The van der Waals surface area contributed by atoms with E-state index in [1.165, 1.54) is 25.9 Å². The van der Waals surface area contributed by atoms with Gasteiger partial charge < -0.3 is 16.0 Å². The summed E-state index contributed by atoms with van der Waals surface area (Å²) in [5.74, 6) is 1.39. The predicted octanol–water partition coefficient (Wildman–Crippen LogP) is 1.60. The van der Waals surface area contributed by atoms with Crippen molar-refractivity contribution in [3.63, 3.8) is 0 Å². The minimum atomic E-state index is 0.175. The second kappa shape index (κ2) is 7.41.